The van der Waals surface area contributed by atoms with Crippen LogP contribution in [0.15, 0.2) is 146 Å². The molecule has 2 heterocycles. The average molecular weight is 781 g/mol. The van der Waals surface area contributed by atoms with Gasteiger partial charge in [0.1, 0.15) is 0 Å². The van der Waals surface area contributed by atoms with Gasteiger partial charge in [-0.05, 0) is 95.8 Å². The predicted octanol–water partition coefficient (Wildman–Crippen LogP) is 13.2. The van der Waals surface area contributed by atoms with Gasteiger partial charge in [-0.3, -0.25) is 9.59 Å². The Hall–Kier alpha value is -6.94. The van der Waals surface area contributed by atoms with Crippen LogP contribution in [-0.2, 0) is 12.4 Å². The lowest BCUT2D eigenvalue weighted by Gasteiger charge is -2.19. The minimum absolute atomic E-state index is 0.0360. The van der Waals surface area contributed by atoms with Gasteiger partial charge in [-0.25, -0.2) is 4.90 Å². The van der Waals surface area contributed by atoms with Crippen molar-refractivity contribution in [3.63, 3.8) is 0 Å². The first kappa shape index (κ1) is 36.7. The number of fused-ring (bicyclic) bond motifs is 4. The van der Waals surface area contributed by atoms with Crippen molar-refractivity contribution in [2.45, 2.75) is 26.2 Å². The summed E-state index contributed by atoms with van der Waals surface area (Å²) < 4.78 is 86.0. The standard InChI is InChI=1S/C48H30F6N2O2/c1-27-15-19-34(39(23-27)48(52,53)54)31-17-21-37-36-20-16-30(33-22-18-32(24-28(33)2)47(49,50)51)25-42(36)55(43(37)26-31)41-14-8-12-38-44(41)46(58)56(45(38)57)40-13-7-6-11-35(40)29-9-4-3-5-10-29/h3-26H,1-2H3. The van der Waals surface area contributed by atoms with Crippen LogP contribution in [0.2, 0.25) is 0 Å². The van der Waals surface area contributed by atoms with Gasteiger partial charge in [0, 0.05) is 16.3 Å². The molecule has 58 heavy (non-hydrogen) atoms. The Balaban J connectivity index is 1.30. The Morgan fingerprint density at radius 3 is 1.72 bits per heavy atom. The minimum Gasteiger partial charge on any atom is -0.308 e. The Morgan fingerprint density at radius 2 is 1.07 bits per heavy atom. The Kier molecular flexibility index (Phi) is 8.43. The van der Waals surface area contributed by atoms with E-state index in [0.717, 1.165) is 28.7 Å². The molecule has 4 nitrogen and oxygen atoms in total. The number of aryl methyl sites for hydroxylation is 2. The molecule has 0 aliphatic carbocycles. The van der Waals surface area contributed by atoms with Gasteiger partial charge >= 0.3 is 12.4 Å². The van der Waals surface area contributed by atoms with E-state index in [2.05, 4.69) is 0 Å². The van der Waals surface area contributed by atoms with Crippen molar-refractivity contribution in [2.75, 3.05) is 4.90 Å². The number of nitrogens with zero attached hydrogens (tertiary/aromatic N) is 2. The van der Waals surface area contributed by atoms with E-state index in [1.165, 1.54) is 12.1 Å². The molecule has 8 aromatic rings. The highest BCUT2D eigenvalue weighted by Gasteiger charge is 2.41. The van der Waals surface area contributed by atoms with Gasteiger partial charge in [-0.1, -0.05) is 103 Å². The molecule has 0 fully saturated rings. The van der Waals surface area contributed by atoms with E-state index in [1.807, 2.05) is 48.5 Å². The van der Waals surface area contributed by atoms with E-state index >= 15 is 0 Å². The fraction of sp³-hybridized carbons (Fsp3) is 0.0833. The van der Waals surface area contributed by atoms with Crippen LogP contribution in [-0.4, -0.2) is 16.4 Å². The highest BCUT2D eigenvalue weighted by Crippen LogP contribution is 2.44. The molecule has 0 radical (unpaired) electrons. The molecule has 9 rings (SSSR count). The lowest BCUT2D eigenvalue weighted by atomic mass is 9.96. The van der Waals surface area contributed by atoms with Crippen LogP contribution in [0.25, 0.3) is 60.9 Å². The summed E-state index contributed by atoms with van der Waals surface area (Å²) in [6, 6.07) is 39.4. The van der Waals surface area contributed by atoms with E-state index in [0.29, 0.717) is 61.0 Å². The quantitative estimate of drug-likeness (QED) is 0.129. The molecule has 0 saturated heterocycles. The third-order valence-electron chi connectivity index (χ3n) is 10.8. The Bertz CT molecular complexity index is 3000. The largest absolute Gasteiger partial charge is 0.417 e. The fourth-order valence-corrected chi connectivity index (χ4v) is 8.12. The van der Waals surface area contributed by atoms with Gasteiger partial charge in [0.15, 0.2) is 0 Å². The molecule has 1 aliphatic rings. The number of imide groups is 1. The summed E-state index contributed by atoms with van der Waals surface area (Å²) in [6.07, 6.45) is -9.18. The van der Waals surface area contributed by atoms with Gasteiger partial charge in [0.05, 0.1) is 44.7 Å². The number of para-hydroxylation sites is 1. The van der Waals surface area contributed by atoms with Gasteiger partial charge in [-0.15, -0.1) is 0 Å². The van der Waals surface area contributed by atoms with Crippen LogP contribution in [0.4, 0.5) is 32.0 Å². The van der Waals surface area contributed by atoms with Crippen LogP contribution in [0, 0.1) is 13.8 Å². The molecular weight excluding hydrogens is 751 g/mol. The number of hydrogen-bond donors (Lipinski definition) is 0. The molecule has 0 bridgehead atoms. The van der Waals surface area contributed by atoms with Crippen molar-refractivity contribution >= 4 is 39.3 Å². The maximum atomic E-state index is 14.8. The molecule has 0 N–H and O–H groups in total. The van der Waals surface area contributed by atoms with Crippen LogP contribution >= 0.6 is 0 Å². The summed E-state index contributed by atoms with van der Waals surface area (Å²) in [5, 5.41) is 1.33. The molecule has 0 spiro atoms. The number of benzene rings is 7. The lowest BCUT2D eigenvalue weighted by Crippen LogP contribution is -2.30. The second-order valence-electron chi connectivity index (χ2n) is 14.4. The van der Waals surface area contributed by atoms with Crippen molar-refractivity contribution in [2.24, 2.45) is 0 Å². The third-order valence-corrected chi connectivity index (χ3v) is 10.8. The summed E-state index contributed by atoms with van der Waals surface area (Å²) >= 11 is 0. The van der Waals surface area contributed by atoms with Crippen molar-refractivity contribution in [3.8, 4) is 39.1 Å². The van der Waals surface area contributed by atoms with Gasteiger partial charge in [0.25, 0.3) is 11.8 Å². The highest BCUT2D eigenvalue weighted by molar-refractivity contribution is 6.36. The average Bonchev–Trinajstić information content (AvgIpc) is 3.66. The fourth-order valence-electron chi connectivity index (χ4n) is 8.12. The summed E-state index contributed by atoms with van der Waals surface area (Å²) in [5.41, 5.74) is 3.98. The molecular formula is C48H30F6N2O2. The number of hydrogen-bond acceptors (Lipinski definition) is 2. The van der Waals surface area contributed by atoms with Crippen LogP contribution in [0.5, 0.6) is 0 Å². The minimum atomic E-state index is -4.65. The van der Waals surface area contributed by atoms with E-state index in [4.69, 9.17) is 0 Å². The molecule has 10 heteroatoms. The number of carbonyl (C=O) groups excluding carboxylic acids is 2. The van der Waals surface area contributed by atoms with Crippen molar-refractivity contribution < 1.29 is 35.9 Å². The number of anilines is 1. The number of amides is 2. The highest BCUT2D eigenvalue weighted by atomic mass is 19.4. The SMILES string of the molecule is Cc1ccc(-c2ccc3c4ccc(-c5ccc(C(F)(F)F)cc5C)cc4n(-c4cccc5c4C(=O)N(c4ccccc4-c4ccccc4)C5=O)c3c2)c(C(F)(F)F)c1. The van der Waals surface area contributed by atoms with Gasteiger partial charge < -0.3 is 4.57 Å². The van der Waals surface area contributed by atoms with Crippen molar-refractivity contribution in [3.05, 3.63) is 179 Å². The van der Waals surface area contributed by atoms with Gasteiger partial charge in [0.2, 0.25) is 0 Å². The van der Waals surface area contributed by atoms with E-state index in [9.17, 15) is 35.9 Å². The Labute approximate surface area is 328 Å². The molecule has 0 unspecified atom stereocenters. The molecule has 1 aliphatic heterocycles. The maximum Gasteiger partial charge on any atom is 0.417 e. The first-order chi connectivity index (χ1) is 27.7. The smallest absolute Gasteiger partial charge is 0.308 e. The molecule has 1 aromatic heterocycles. The van der Waals surface area contributed by atoms with Gasteiger partial charge in [-0.2, -0.15) is 26.3 Å². The first-order valence-electron chi connectivity index (χ1n) is 18.3. The zero-order valence-corrected chi connectivity index (χ0v) is 30.8. The number of aromatic nitrogens is 1. The molecule has 0 atom stereocenters. The molecule has 7 aromatic carbocycles. The summed E-state index contributed by atoms with van der Waals surface area (Å²) in [4.78, 5) is 30.2. The molecule has 286 valence electrons. The van der Waals surface area contributed by atoms with Crippen molar-refractivity contribution in [1.82, 2.24) is 4.57 Å². The first-order valence-corrected chi connectivity index (χ1v) is 18.3. The predicted molar refractivity (Wildman–Crippen MR) is 214 cm³/mol. The Morgan fingerprint density at radius 1 is 0.466 bits per heavy atom. The number of alkyl halides is 6. The number of rotatable bonds is 5. The van der Waals surface area contributed by atoms with E-state index in [-0.39, 0.29) is 22.3 Å². The zero-order valence-electron chi connectivity index (χ0n) is 30.8. The summed E-state index contributed by atoms with van der Waals surface area (Å²) in [5.74, 6) is -1.13. The maximum absolute atomic E-state index is 14.8. The van der Waals surface area contributed by atoms with E-state index in [1.54, 1.807) is 85.1 Å². The van der Waals surface area contributed by atoms with Crippen molar-refractivity contribution in [1.29, 1.82) is 0 Å². The zero-order chi connectivity index (χ0) is 40.7. The summed E-state index contributed by atoms with van der Waals surface area (Å²) in [7, 11) is 0. The monoisotopic (exact) mass is 780 g/mol. The lowest BCUT2D eigenvalue weighted by molar-refractivity contribution is -0.138. The number of halogens is 6. The molecule has 0 saturated carbocycles. The molecule has 2 amide bonds. The normalized spacial score (nSPS) is 13.2. The van der Waals surface area contributed by atoms with Crippen LogP contribution < -0.4 is 4.90 Å². The van der Waals surface area contributed by atoms with E-state index < -0.39 is 35.3 Å². The number of carbonyl (C=O) groups is 2. The van der Waals surface area contributed by atoms with Crippen LogP contribution in [0.3, 0.4) is 0 Å². The third kappa shape index (κ3) is 5.95. The van der Waals surface area contributed by atoms with Crippen LogP contribution in [0.1, 0.15) is 43.0 Å². The second-order valence-corrected chi connectivity index (χ2v) is 14.4. The second kappa shape index (κ2) is 13.3. The topological polar surface area (TPSA) is 42.3 Å². The summed E-state index contributed by atoms with van der Waals surface area (Å²) in [6.45, 7) is 3.18.